The van der Waals surface area contributed by atoms with Crippen molar-refractivity contribution in [2.24, 2.45) is 0 Å². The van der Waals surface area contributed by atoms with Crippen molar-refractivity contribution in [1.29, 1.82) is 0 Å². The third-order valence-electron chi connectivity index (χ3n) is 3.85. The fourth-order valence-corrected chi connectivity index (χ4v) is 2.55. The molecule has 0 aliphatic heterocycles. The first-order chi connectivity index (χ1) is 8.91. The summed E-state index contributed by atoms with van der Waals surface area (Å²) in [6.45, 7) is 6.18. The molecule has 0 aliphatic carbocycles. The maximum Gasteiger partial charge on any atom is 2.00 e. The van der Waals surface area contributed by atoms with Gasteiger partial charge in [0.05, 0.1) is 0 Å². The van der Waals surface area contributed by atoms with Crippen LogP contribution in [-0.2, 0) is 0 Å². The number of rotatable bonds is 15. The van der Waals surface area contributed by atoms with Crippen LogP contribution in [0.4, 0.5) is 0 Å². The van der Waals surface area contributed by atoms with E-state index in [0.717, 1.165) is 6.42 Å². The van der Waals surface area contributed by atoms with Crippen molar-refractivity contribution in [3.63, 3.8) is 0 Å². The minimum atomic E-state index is 0. The maximum atomic E-state index is 3.88. The topological polar surface area (TPSA) is 0 Å². The van der Waals surface area contributed by atoms with Crippen LogP contribution in [0.5, 0.6) is 0 Å². The van der Waals surface area contributed by atoms with Gasteiger partial charge in [0.25, 0.3) is 0 Å². The molecule has 118 valence electrons. The predicted molar refractivity (Wildman–Crippen MR) is 90.7 cm³/mol. The quantitative estimate of drug-likeness (QED) is 0.169. The Morgan fingerprint density at radius 2 is 0.750 bits per heavy atom. The second-order valence-corrected chi connectivity index (χ2v) is 5.80. The Kier molecular flexibility index (Phi) is 33.6. The van der Waals surface area contributed by atoms with E-state index in [0.29, 0.717) is 0 Å². The van der Waals surface area contributed by atoms with Gasteiger partial charge in [0.2, 0.25) is 0 Å². The van der Waals surface area contributed by atoms with E-state index in [9.17, 15) is 0 Å². The Morgan fingerprint density at radius 3 is 1.00 bits per heavy atom. The molecule has 0 bridgehead atoms. The third-order valence-corrected chi connectivity index (χ3v) is 3.85. The fraction of sp³-hybridized carbons (Fsp3) is 0.944. The van der Waals surface area contributed by atoms with E-state index < -0.39 is 0 Å². The van der Waals surface area contributed by atoms with Crippen LogP contribution in [0.3, 0.4) is 0 Å². The molecule has 0 spiro atoms. The van der Waals surface area contributed by atoms with Crippen molar-refractivity contribution in [3.05, 3.63) is 6.92 Å². The number of halogens is 1. The van der Waals surface area contributed by atoms with Gasteiger partial charge in [0.1, 0.15) is 0 Å². The zero-order valence-electron chi connectivity index (χ0n) is 14.1. The van der Waals surface area contributed by atoms with Gasteiger partial charge in [0.15, 0.2) is 0 Å². The summed E-state index contributed by atoms with van der Waals surface area (Å²) in [7, 11) is 0. The number of hydrogen-bond acceptors (Lipinski definition) is 0. The molecule has 0 amide bonds. The average Bonchev–Trinajstić information content (AvgIpc) is 2.39. The molecule has 0 aromatic carbocycles. The Balaban J connectivity index is -0.00000144. The fourth-order valence-electron chi connectivity index (χ4n) is 2.55. The van der Waals surface area contributed by atoms with Gasteiger partial charge in [-0.25, -0.2) is 0 Å². The average molecular weight is 405 g/mol. The van der Waals surface area contributed by atoms with Crippen molar-refractivity contribution < 1.29 is 24.0 Å². The van der Waals surface area contributed by atoms with E-state index in [-0.39, 0.29) is 47.0 Å². The zero-order valence-corrected chi connectivity index (χ0v) is 17.7. The molecule has 0 atom stereocenters. The summed E-state index contributed by atoms with van der Waals surface area (Å²) >= 11 is 0. The Morgan fingerprint density at radius 1 is 0.500 bits per heavy atom. The molecule has 0 saturated heterocycles. The van der Waals surface area contributed by atoms with Crippen molar-refractivity contribution >= 4 is 23.1 Å². The Bertz CT molecular complexity index is 123. The molecular weight excluding hydrogens is 367 g/mol. The smallest absolute Gasteiger partial charge is 1.00 e. The molecule has 2 heteroatoms. The second-order valence-electron chi connectivity index (χ2n) is 5.80. The molecule has 0 fully saturated rings. The van der Waals surface area contributed by atoms with E-state index in [4.69, 9.17) is 0 Å². The largest absolute Gasteiger partial charge is 2.00 e. The van der Waals surface area contributed by atoms with Crippen LogP contribution >= 0.6 is 0 Å². The molecular formula is C18H37IMg. The summed E-state index contributed by atoms with van der Waals surface area (Å²) in [6, 6.07) is 0. The molecule has 0 radical (unpaired) electrons. The maximum absolute atomic E-state index is 3.88. The number of hydrogen-bond donors (Lipinski definition) is 0. The summed E-state index contributed by atoms with van der Waals surface area (Å²) in [5.74, 6) is 0. The SMILES string of the molecule is [CH2-]CCCCCCCCCCCCCCCCC.[I-].[Mg+2]. The van der Waals surface area contributed by atoms with Crippen LogP contribution in [0.1, 0.15) is 110 Å². The van der Waals surface area contributed by atoms with Crippen molar-refractivity contribution in [2.75, 3.05) is 0 Å². The Hall–Kier alpha value is 1.50. The first-order valence-corrected chi connectivity index (χ1v) is 8.71. The minimum Gasteiger partial charge on any atom is -1.00 e. The van der Waals surface area contributed by atoms with Crippen LogP contribution in [0.2, 0.25) is 0 Å². The molecule has 0 aromatic heterocycles. The standard InChI is InChI=1S/C18H37.HI.Mg/c1-3-5-7-9-11-13-15-17-18-16-14-12-10-8-6-4-2;;/h1,3-18H2,2H3;1H;/q-1;;+2/p-1. The molecule has 0 saturated carbocycles. The summed E-state index contributed by atoms with van der Waals surface area (Å²) in [5.41, 5.74) is 0. The van der Waals surface area contributed by atoms with Gasteiger partial charge in [-0.1, -0.05) is 103 Å². The summed E-state index contributed by atoms with van der Waals surface area (Å²) in [5, 5.41) is 0. The first kappa shape index (κ1) is 26.4. The van der Waals surface area contributed by atoms with E-state index in [1.165, 1.54) is 96.3 Å². The second kappa shape index (κ2) is 25.4. The normalized spacial score (nSPS) is 9.90. The molecule has 0 aliphatic rings. The third kappa shape index (κ3) is 24.5. The molecule has 0 N–H and O–H groups in total. The summed E-state index contributed by atoms with van der Waals surface area (Å²) in [6.07, 6.45) is 22.8. The van der Waals surface area contributed by atoms with Crippen molar-refractivity contribution in [1.82, 2.24) is 0 Å². The molecule has 0 nitrogen and oxygen atoms in total. The van der Waals surface area contributed by atoms with Crippen LogP contribution in [-0.4, -0.2) is 23.1 Å². The number of unbranched alkanes of at least 4 members (excludes halogenated alkanes) is 15. The van der Waals surface area contributed by atoms with Gasteiger partial charge < -0.3 is 30.9 Å². The van der Waals surface area contributed by atoms with Gasteiger partial charge >= 0.3 is 23.1 Å². The molecule has 0 rings (SSSR count). The van der Waals surface area contributed by atoms with Crippen LogP contribution in [0.25, 0.3) is 0 Å². The first-order valence-electron chi connectivity index (χ1n) is 8.71. The summed E-state index contributed by atoms with van der Waals surface area (Å²) in [4.78, 5) is 0. The van der Waals surface area contributed by atoms with Gasteiger partial charge in [-0.2, -0.15) is 6.42 Å². The monoisotopic (exact) mass is 404 g/mol. The minimum absolute atomic E-state index is 0. The van der Waals surface area contributed by atoms with Crippen molar-refractivity contribution in [3.8, 4) is 0 Å². The van der Waals surface area contributed by atoms with E-state index in [2.05, 4.69) is 13.8 Å². The van der Waals surface area contributed by atoms with E-state index >= 15 is 0 Å². The van der Waals surface area contributed by atoms with Gasteiger partial charge in [0, 0.05) is 0 Å². The van der Waals surface area contributed by atoms with Crippen LogP contribution in [0, 0.1) is 6.92 Å². The zero-order chi connectivity index (χ0) is 13.3. The molecule has 0 unspecified atom stereocenters. The van der Waals surface area contributed by atoms with E-state index in [1.54, 1.807) is 0 Å². The van der Waals surface area contributed by atoms with Gasteiger partial charge in [-0.05, 0) is 0 Å². The van der Waals surface area contributed by atoms with Crippen molar-refractivity contribution in [2.45, 2.75) is 110 Å². The molecule has 0 heterocycles. The summed E-state index contributed by atoms with van der Waals surface area (Å²) < 4.78 is 0. The molecule has 20 heavy (non-hydrogen) atoms. The Labute approximate surface area is 162 Å². The predicted octanol–water partition coefficient (Wildman–Crippen LogP) is 3.71. The van der Waals surface area contributed by atoms with Crippen LogP contribution < -0.4 is 24.0 Å². The van der Waals surface area contributed by atoms with Gasteiger partial charge in [-0.15, -0.1) is 0 Å². The van der Waals surface area contributed by atoms with Gasteiger partial charge in [-0.3, -0.25) is 0 Å². The van der Waals surface area contributed by atoms with Crippen LogP contribution in [0.15, 0.2) is 0 Å². The molecule has 0 aromatic rings. The van der Waals surface area contributed by atoms with E-state index in [1.807, 2.05) is 0 Å².